The third-order valence-electron chi connectivity index (χ3n) is 5.06. The molecule has 1 aliphatic rings. The van der Waals surface area contributed by atoms with Crippen LogP contribution in [0.25, 0.3) is 11.1 Å². The predicted octanol–water partition coefficient (Wildman–Crippen LogP) is 2.69. The van der Waals surface area contributed by atoms with Gasteiger partial charge in [0.1, 0.15) is 5.75 Å². The number of methoxy groups -OCH3 is 1. The van der Waals surface area contributed by atoms with Gasteiger partial charge in [-0.15, -0.1) is 0 Å². The van der Waals surface area contributed by atoms with E-state index in [1.807, 2.05) is 48.5 Å². The fourth-order valence-corrected chi connectivity index (χ4v) is 3.39. The molecule has 0 aliphatic carbocycles. The Bertz CT molecular complexity index is 874. The Hall–Kier alpha value is -3.35. The number of piperidine rings is 1. The number of ether oxygens (including phenoxy) is 3. The minimum Gasteiger partial charge on any atom is -0.481 e. The van der Waals surface area contributed by atoms with Crippen LogP contribution >= 0.6 is 0 Å². The summed E-state index contributed by atoms with van der Waals surface area (Å²) in [6.45, 7) is 0.251. The molecule has 0 aromatic heterocycles. The fourth-order valence-electron chi connectivity index (χ4n) is 3.39. The molecule has 1 heterocycles. The van der Waals surface area contributed by atoms with E-state index in [9.17, 15) is 14.4 Å². The van der Waals surface area contributed by atoms with Crippen LogP contribution in [0.3, 0.4) is 0 Å². The molecule has 0 unspecified atom stereocenters. The molecule has 0 saturated carbocycles. The van der Waals surface area contributed by atoms with Crippen LogP contribution in [-0.2, 0) is 23.9 Å². The molecule has 0 atom stereocenters. The smallest absolute Gasteiger partial charge is 0.344 e. The van der Waals surface area contributed by atoms with Crippen molar-refractivity contribution in [1.29, 1.82) is 0 Å². The first-order valence-electron chi connectivity index (χ1n) is 9.87. The Morgan fingerprint density at radius 2 is 1.60 bits per heavy atom. The average molecular weight is 411 g/mol. The number of carbonyl (C=O) groups is 3. The topological polar surface area (TPSA) is 82.1 Å². The van der Waals surface area contributed by atoms with Gasteiger partial charge in [0.05, 0.1) is 13.0 Å². The van der Waals surface area contributed by atoms with Crippen LogP contribution in [0.5, 0.6) is 5.75 Å². The highest BCUT2D eigenvalue weighted by atomic mass is 16.6. The predicted molar refractivity (Wildman–Crippen MR) is 110 cm³/mol. The highest BCUT2D eigenvalue weighted by Gasteiger charge is 2.28. The van der Waals surface area contributed by atoms with E-state index in [4.69, 9.17) is 14.2 Å². The van der Waals surface area contributed by atoms with Crippen molar-refractivity contribution in [2.24, 2.45) is 5.92 Å². The van der Waals surface area contributed by atoms with Crippen LogP contribution in [0, 0.1) is 5.92 Å². The number of benzene rings is 2. The molecule has 1 aliphatic heterocycles. The van der Waals surface area contributed by atoms with Crippen LogP contribution in [0.15, 0.2) is 54.6 Å². The first kappa shape index (κ1) is 21.4. The van der Waals surface area contributed by atoms with Gasteiger partial charge in [-0.2, -0.15) is 0 Å². The van der Waals surface area contributed by atoms with Crippen molar-refractivity contribution in [3.05, 3.63) is 54.6 Å². The van der Waals surface area contributed by atoms with E-state index in [2.05, 4.69) is 0 Å². The SMILES string of the molecule is COC(=O)C1CCN(C(=O)COC(=O)COc2ccccc2-c2ccccc2)CC1. The molecule has 3 rings (SSSR count). The zero-order chi connectivity index (χ0) is 21.3. The number of nitrogens with zero attached hydrogens (tertiary/aromatic N) is 1. The van der Waals surface area contributed by atoms with Gasteiger partial charge in [0.25, 0.3) is 5.91 Å². The molecule has 0 bridgehead atoms. The normalized spacial score (nSPS) is 14.1. The number of esters is 2. The van der Waals surface area contributed by atoms with E-state index in [1.54, 1.807) is 11.0 Å². The maximum Gasteiger partial charge on any atom is 0.344 e. The molecule has 0 spiro atoms. The van der Waals surface area contributed by atoms with E-state index in [0.29, 0.717) is 31.7 Å². The standard InChI is InChI=1S/C23H25NO6/c1-28-23(27)18-11-13-24(14-12-18)21(25)15-30-22(26)16-29-20-10-6-5-9-19(20)17-7-3-2-4-8-17/h2-10,18H,11-16H2,1H3. The minimum absolute atomic E-state index is 0.181. The molecule has 1 fully saturated rings. The van der Waals surface area contributed by atoms with Crippen LogP contribution < -0.4 is 4.74 Å². The molecule has 1 saturated heterocycles. The van der Waals surface area contributed by atoms with Crippen molar-refractivity contribution in [2.75, 3.05) is 33.4 Å². The van der Waals surface area contributed by atoms with Crippen molar-refractivity contribution < 1.29 is 28.6 Å². The summed E-state index contributed by atoms with van der Waals surface area (Å²) < 4.78 is 15.4. The summed E-state index contributed by atoms with van der Waals surface area (Å²) in [6, 6.07) is 17.1. The van der Waals surface area contributed by atoms with Gasteiger partial charge in [-0.05, 0) is 24.5 Å². The lowest BCUT2D eigenvalue weighted by molar-refractivity contribution is -0.155. The zero-order valence-corrected chi connectivity index (χ0v) is 16.9. The summed E-state index contributed by atoms with van der Waals surface area (Å²) in [4.78, 5) is 37.5. The third-order valence-corrected chi connectivity index (χ3v) is 5.06. The quantitative estimate of drug-likeness (QED) is 0.652. The number of rotatable bonds is 7. The van der Waals surface area contributed by atoms with Crippen molar-refractivity contribution >= 4 is 17.8 Å². The number of carbonyl (C=O) groups excluding carboxylic acids is 3. The lowest BCUT2D eigenvalue weighted by Gasteiger charge is -2.30. The Morgan fingerprint density at radius 1 is 0.933 bits per heavy atom. The molecule has 7 nitrogen and oxygen atoms in total. The Morgan fingerprint density at radius 3 is 2.30 bits per heavy atom. The van der Waals surface area contributed by atoms with Crippen molar-refractivity contribution in [3.8, 4) is 16.9 Å². The second kappa shape index (κ2) is 10.4. The van der Waals surface area contributed by atoms with Crippen molar-refractivity contribution in [2.45, 2.75) is 12.8 Å². The van der Waals surface area contributed by atoms with E-state index in [1.165, 1.54) is 7.11 Å². The molecule has 2 aromatic carbocycles. The van der Waals surface area contributed by atoms with Gasteiger partial charge < -0.3 is 19.1 Å². The Kier molecular flexibility index (Phi) is 7.43. The Balaban J connectivity index is 1.45. The monoisotopic (exact) mass is 411 g/mol. The van der Waals surface area contributed by atoms with E-state index in [0.717, 1.165) is 11.1 Å². The van der Waals surface area contributed by atoms with Gasteiger partial charge in [0.2, 0.25) is 0 Å². The van der Waals surface area contributed by atoms with E-state index < -0.39 is 5.97 Å². The third kappa shape index (κ3) is 5.59. The van der Waals surface area contributed by atoms with E-state index in [-0.39, 0.29) is 31.0 Å². The lowest BCUT2D eigenvalue weighted by atomic mass is 9.97. The second-order valence-corrected chi connectivity index (χ2v) is 6.99. The van der Waals surface area contributed by atoms with Crippen LogP contribution in [0.4, 0.5) is 0 Å². The molecule has 2 aromatic rings. The summed E-state index contributed by atoms with van der Waals surface area (Å²) in [7, 11) is 1.36. The number of hydrogen-bond donors (Lipinski definition) is 0. The molecular weight excluding hydrogens is 386 g/mol. The minimum atomic E-state index is -0.615. The van der Waals surface area contributed by atoms with Gasteiger partial charge in [-0.3, -0.25) is 9.59 Å². The van der Waals surface area contributed by atoms with Gasteiger partial charge in [0, 0.05) is 18.7 Å². The molecule has 0 radical (unpaired) electrons. The molecule has 30 heavy (non-hydrogen) atoms. The average Bonchev–Trinajstić information content (AvgIpc) is 2.81. The summed E-state index contributed by atoms with van der Waals surface area (Å²) in [5, 5.41) is 0. The number of para-hydroxylation sites is 1. The zero-order valence-electron chi connectivity index (χ0n) is 16.9. The van der Waals surface area contributed by atoms with Crippen LogP contribution in [0.2, 0.25) is 0 Å². The maximum atomic E-state index is 12.3. The largest absolute Gasteiger partial charge is 0.481 e. The highest BCUT2D eigenvalue weighted by molar-refractivity contribution is 5.81. The molecule has 0 N–H and O–H groups in total. The van der Waals surface area contributed by atoms with Gasteiger partial charge in [-0.1, -0.05) is 48.5 Å². The number of hydrogen-bond acceptors (Lipinski definition) is 6. The fraction of sp³-hybridized carbons (Fsp3) is 0.348. The van der Waals surface area contributed by atoms with Crippen LogP contribution in [-0.4, -0.2) is 56.2 Å². The Labute approximate surface area is 175 Å². The summed E-state index contributed by atoms with van der Waals surface area (Å²) >= 11 is 0. The summed E-state index contributed by atoms with van der Waals surface area (Å²) in [5.74, 6) is -0.759. The molecular formula is C23H25NO6. The number of likely N-dealkylation sites (tertiary alicyclic amines) is 1. The lowest BCUT2D eigenvalue weighted by Crippen LogP contribution is -2.42. The maximum absolute atomic E-state index is 12.3. The van der Waals surface area contributed by atoms with Gasteiger partial charge >= 0.3 is 11.9 Å². The first-order chi connectivity index (χ1) is 14.6. The number of amides is 1. The van der Waals surface area contributed by atoms with Gasteiger partial charge in [0.15, 0.2) is 13.2 Å². The van der Waals surface area contributed by atoms with Crippen molar-refractivity contribution in [3.63, 3.8) is 0 Å². The highest BCUT2D eigenvalue weighted by Crippen LogP contribution is 2.29. The molecule has 7 heteroatoms. The molecule has 158 valence electrons. The van der Waals surface area contributed by atoms with Gasteiger partial charge in [-0.25, -0.2) is 4.79 Å². The van der Waals surface area contributed by atoms with Crippen LogP contribution in [0.1, 0.15) is 12.8 Å². The molecule has 1 amide bonds. The summed E-state index contributed by atoms with van der Waals surface area (Å²) in [5.41, 5.74) is 1.85. The second-order valence-electron chi connectivity index (χ2n) is 6.99. The van der Waals surface area contributed by atoms with E-state index >= 15 is 0 Å². The first-order valence-corrected chi connectivity index (χ1v) is 9.87. The summed E-state index contributed by atoms with van der Waals surface area (Å²) in [6.07, 6.45) is 1.09. The van der Waals surface area contributed by atoms with Crippen molar-refractivity contribution in [1.82, 2.24) is 4.90 Å².